The van der Waals surface area contributed by atoms with E-state index in [0.717, 1.165) is 27.4 Å². The van der Waals surface area contributed by atoms with E-state index in [-0.39, 0.29) is 23.6 Å². The molecule has 0 bridgehead atoms. The van der Waals surface area contributed by atoms with Gasteiger partial charge in [0.25, 0.3) is 0 Å². The summed E-state index contributed by atoms with van der Waals surface area (Å²) in [5.74, 6) is 1.30. The van der Waals surface area contributed by atoms with Crippen LogP contribution < -0.4 is 10.1 Å². The van der Waals surface area contributed by atoms with Crippen LogP contribution in [0.15, 0.2) is 41.8 Å². The molecule has 27 heavy (non-hydrogen) atoms. The average molecular weight is 385 g/mol. The molecule has 0 saturated carbocycles. The zero-order valence-electron chi connectivity index (χ0n) is 15.8. The number of hydrogen-bond acceptors (Lipinski definition) is 6. The lowest BCUT2D eigenvalue weighted by molar-refractivity contribution is -0.119. The lowest BCUT2D eigenvalue weighted by Crippen LogP contribution is -2.33. The minimum Gasteiger partial charge on any atom is -0.497 e. The summed E-state index contributed by atoms with van der Waals surface area (Å²) in [5, 5.41) is 8.94. The molecule has 0 spiro atoms. The molecule has 1 atom stereocenters. The van der Waals surface area contributed by atoms with Crippen molar-refractivity contribution in [1.29, 1.82) is 0 Å². The maximum Gasteiger partial charge on any atom is 0.230 e. The highest BCUT2D eigenvalue weighted by Crippen LogP contribution is 2.26. The van der Waals surface area contributed by atoms with E-state index in [2.05, 4.69) is 34.2 Å². The maximum absolute atomic E-state index is 12.5. The number of fused-ring (bicyclic) bond motifs is 1. The Hall–Kier alpha value is -2.61. The highest BCUT2D eigenvalue weighted by molar-refractivity contribution is 8.00. The lowest BCUT2D eigenvalue weighted by Gasteiger charge is -2.23. The first kappa shape index (κ1) is 19.2. The first-order chi connectivity index (χ1) is 13.0. The van der Waals surface area contributed by atoms with Crippen LogP contribution in [-0.4, -0.2) is 38.5 Å². The quantitative estimate of drug-likeness (QED) is 0.497. The van der Waals surface area contributed by atoms with Gasteiger partial charge in [0.15, 0.2) is 5.65 Å². The van der Waals surface area contributed by atoms with Gasteiger partial charge in [0.05, 0.1) is 30.5 Å². The van der Waals surface area contributed by atoms with Gasteiger partial charge in [0.1, 0.15) is 17.1 Å². The Morgan fingerprint density at radius 1 is 1.26 bits per heavy atom. The molecule has 0 aliphatic rings. The smallest absolute Gasteiger partial charge is 0.230 e. The number of carbonyl (C=O) groups excluding carboxylic acids is 1. The van der Waals surface area contributed by atoms with E-state index in [1.807, 2.05) is 31.3 Å². The molecule has 0 saturated heterocycles. The number of hydrogen-bond donors (Lipinski definition) is 1. The van der Waals surface area contributed by atoms with Gasteiger partial charge in [-0.1, -0.05) is 37.7 Å². The Balaban J connectivity index is 1.67. The lowest BCUT2D eigenvalue weighted by atomic mass is 9.96. The number of aromatic nitrogens is 4. The van der Waals surface area contributed by atoms with Crippen LogP contribution in [0.5, 0.6) is 5.75 Å². The van der Waals surface area contributed by atoms with Crippen LogP contribution in [0.1, 0.15) is 25.5 Å². The van der Waals surface area contributed by atoms with Crippen LogP contribution in [0.25, 0.3) is 11.0 Å². The van der Waals surface area contributed by atoms with Crippen LogP contribution >= 0.6 is 11.8 Å². The van der Waals surface area contributed by atoms with Crippen molar-refractivity contribution in [2.45, 2.75) is 24.9 Å². The van der Waals surface area contributed by atoms with Gasteiger partial charge in [-0.15, -0.1) is 0 Å². The molecule has 0 radical (unpaired) electrons. The highest BCUT2D eigenvalue weighted by Gasteiger charge is 2.19. The van der Waals surface area contributed by atoms with Crippen molar-refractivity contribution >= 4 is 28.7 Å². The first-order valence-electron chi connectivity index (χ1n) is 8.68. The first-order valence-corrected chi connectivity index (χ1v) is 9.67. The average Bonchev–Trinajstić information content (AvgIpc) is 3.06. The largest absolute Gasteiger partial charge is 0.497 e. The van der Waals surface area contributed by atoms with Crippen molar-refractivity contribution in [1.82, 2.24) is 25.1 Å². The summed E-state index contributed by atoms with van der Waals surface area (Å²) in [4.78, 5) is 21.1. The number of methoxy groups -OCH3 is 1. The summed E-state index contributed by atoms with van der Waals surface area (Å²) in [7, 11) is 3.47. The van der Waals surface area contributed by atoms with Crippen molar-refractivity contribution in [2.75, 3.05) is 12.9 Å². The van der Waals surface area contributed by atoms with Gasteiger partial charge in [-0.05, 0) is 23.6 Å². The maximum atomic E-state index is 12.5. The van der Waals surface area contributed by atoms with Crippen molar-refractivity contribution in [3.63, 3.8) is 0 Å². The number of amides is 1. The van der Waals surface area contributed by atoms with Crippen LogP contribution in [0, 0.1) is 5.92 Å². The zero-order chi connectivity index (χ0) is 19.4. The highest BCUT2D eigenvalue weighted by atomic mass is 32.2. The fraction of sp³-hybridized carbons (Fsp3) is 0.368. The van der Waals surface area contributed by atoms with Gasteiger partial charge in [-0.25, -0.2) is 9.97 Å². The standard InChI is InChI=1S/C19H23N5O2S/c1-12(2)17(13-5-7-14(26-4)8-6-13)23-16(25)10-27-19-15-9-22-24(3)18(15)20-11-21-19/h5-9,11-12,17H,10H2,1-4H3,(H,23,25). The summed E-state index contributed by atoms with van der Waals surface area (Å²) in [5.41, 5.74) is 1.81. The number of nitrogens with one attached hydrogen (secondary N) is 1. The Morgan fingerprint density at radius 3 is 2.67 bits per heavy atom. The van der Waals surface area contributed by atoms with Crippen molar-refractivity contribution in [3.8, 4) is 5.75 Å². The predicted molar refractivity (Wildman–Crippen MR) is 106 cm³/mol. The van der Waals surface area contributed by atoms with E-state index >= 15 is 0 Å². The topological polar surface area (TPSA) is 81.9 Å². The molecule has 142 valence electrons. The number of carbonyl (C=O) groups is 1. The molecule has 3 aromatic rings. The molecule has 1 unspecified atom stereocenters. The molecule has 0 aliphatic carbocycles. The number of aryl methyl sites for hydroxylation is 1. The number of thioether (sulfide) groups is 1. The summed E-state index contributed by atoms with van der Waals surface area (Å²) < 4.78 is 6.90. The van der Waals surface area contributed by atoms with E-state index in [1.54, 1.807) is 18.0 Å². The van der Waals surface area contributed by atoms with Crippen molar-refractivity contribution < 1.29 is 9.53 Å². The van der Waals surface area contributed by atoms with Crippen molar-refractivity contribution in [2.24, 2.45) is 13.0 Å². The molecule has 2 heterocycles. The number of ether oxygens (including phenoxy) is 1. The van der Waals surface area contributed by atoms with E-state index in [4.69, 9.17) is 4.74 Å². The normalized spacial score (nSPS) is 12.3. The zero-order valence-corrected chi connectivity index (χ0v) is 16.7. The van der Waals surface area contributed by atoms with Crippen LogP contribution in [0.3, 0.4) is 0 Å². The predicted octanol–water partition coefficient (Wildman–Crippen LogP) is 2.98. The Morgan fingerprint density at radius 2 is 2.00 bits per heavy atom. The molecule has 3 rings (SSSR count). The Bertz CT molecular complexity index is 923. The summed E-state index contributed by atoms with van der Waals surface area (Å²) in [6.07, 6.45) is 3.22. The number of benzene rings is 1. The third kappa shape index (κ3) is 4.39. The fourth-order valence-electron chi connectivity index (χ4n) is 2.85. The third-order valence-electron chi connectivity index (χ3n) is 4.29. The fourth-order valence-corrected chi connectivity index (χ4v) is 3.62. The molecular weight excluding hydrogens is 362 g/mol. The second kappa shape index (κ2) is 8.39. The monoisotopic (exact) mass is 385 g/mol. The SMILES string of the molecule is COc1ccc(C(NC(=O)CSc2ncnc3c2cnn3C)C(C)C)cc1. The molecule has 0 fully saturated rings. The third-order valence-corrected chi connectivity index (χ3v) is 5.30. The molecule has 2 aromatic heterocycles. The molecule has 1 amide bonds. The van der Waals surface area contributed by atoms with Gasteiger partial charge in [-0.3, -0.25) is 9.48 Å². The minimum atomic E-state index is -0.0622. The second-order valence-corrected chi connectivity index (χ2v) is 7.50. The van der Waals surface area contributed by atoms with Gasteiger partial charge in [0.2, 0.25) is 5.91 Å². The molecular formula is C19H23N5O2S. The summed E-state index contributed by atoms with van der Waals surface area (Å²) in [6.45, 7) is 4.18. The van der Waals surface area contributed by atoms with Gasteiger partial charge < -0.3 is 10.1 Å². The molecule has 1 N–H and O–H groups in total. The molecule has 0 aliphatic heterocycles. The number of nitrogens with zero attached hydrogens (tertiary/aromatic N) is 4. The van der Waals surface area contributed by atoms with Crippen molar-refractivity contribution in [3.05, 3.63) is 42.4 Å². The van der Waals surface area contributed by atoms with E-state index in [1.165, 1.54) is 18.1 Å². The second-order valence-electron chi connectivity index (χ2n) is 6.54. The van der Waals surface area contributed by atoms with Gasteiger partial charge >= 0.3 is 0 Å². The number of rotatable bonds is 7. The summed E-state index contributed by atoms with van der Waals surface area (Å²) in [6, 6.07) is 7.73. The van der Waals surface area contributed by atoms with Crippen LogP contribution in [-0.2, 0) is 11.8 Å². The Labute approximate surface area is 162 Å². The molecule has 8 heteroatoms. The summed E-state index contributed by atoms with van der Waals surface area (Å²) >= 11 is 1.39. The Kier molecular flexibility index (Phi) is 5.95. The van der Waals surface area contributed by atoms with Crippen LogP contribution in [0.2, 0.25) is 0 Å². The minimum absolute atomic E-state index is 0.0369. The van der Waals surface area contributed by atoms with E-state index in [9.17, 15) is 4.79 Å². The molecule has 1 aromatic carbocycles. The molecule has 7 nitrogen and oxygen atoms in total. The van der Waals surface area contributed by atoms with Gasteiger partial charge in [0, 0.05) is 7.05 Å². The van der Waals surface area contributed by atoms with E-state index in [0.29, 0.717) is 0 Å². The van der Waals surface area contributed by atoms with Crippen LogP contribution in [0.4, 0.5) is 0 Å². The van der Waals surface area contributed by atoms with E-state index < -0.39 is 0 Å². The van der Waals surface area contributed by atoms with Gasteiger partial charge in [-0.2, -0.15) is 5.10 Å².